The zero-order valence-corrected chi connectivity index (χ0v) is 7.24. The standard InChI is InChI=1S/C7H10F4O2/c1-3-4-13-6(8,5(2)12)7(9,10)11/h3-4H2,1-2H3. The summed E-state index contributed by atoms with van der Waals surface area (Å²) in [5.41, 5.74) is 0. The van der Waals surface area contributed by atoms with Gasteiger partial charge >= 0.3 is 12.0 Å². The summed E-state index contributed by atoms with van der Waals surface area (Å²) >= 11 is 0. The molecular formula is C7H10F4O2. The largest absolute Gasteiger partial charge is 0.456 e. The van der Waals surface area contributed by atoms with Crippen molar-refractivity contribution in [1.29, 1.82) is 0 Å². The number of ether oxygens (including phenoxy) is 1. The summed E-state index contributed by atoms with van der Waals surface area (Å²) in [6.07, 6.45) is -5.11. The second kappa shape index (κ2) is 4.04. The molecule has 0 saturated carbocycles. The molecule has 1 unspecified atom stereocenters. The van der Waals surface area contributed by atoms with E-state index in [0.717, 1.165) is 0 Å². The topological polar surface area (TPSA) is 26.3 Å². The summed E-state index contributed by atoms with van der Waals surface area (Å²) < 4.78 is 52.6. The van der Waals surface area contributed by atoms with E-state index in [2.05, 4.69) is 4.74 Å². The predicted octanol–water partition coefficient (Wildman–Crippen LogP) is 2.23. The Morgan fingerprint density at radius 3 is 2.00 bits per heavy atom. The van der Waals surface area contributed by atoms with Gasteiger partial charge in [-0.1, -0.05) is 6.92 Å². The van der Waals surface area contributed by atoms with Gasteiger partial charge in [-0.25, -0.2) is 0 Å². The number of ketones is 1. The predicted molar refractivity (Wildman–Crippen MR) is 36.8 cm³/mol. The maximum Gasteiger partial charge on any atom is 0.456 e. The maximum absolute atomic E-state index is 12.9. The van der Waals surface area contributed by atoms with Gasteiger partial charge in [-0.15, -0.1) is 0 Å². The van der Waals surface area contributed by atoms with Gasteiger partial charge in [-0.3, -0.25) is 4.79 Å². The molecule has 2 nitrogen and oxygen atoms in total. The Hall–Kier alpha value is -0.650. The van der Waals surface area contributed by atoms with Crippen molar-refractivity contribution in [3.8, 4) is 0 Å². The first-order valence-corrected chi connectivity index (χ1v) is 3.66. The van der Waals surface area contributed by atoms with E-state index in [-0.39, 0.29) is 6.42 Å². The normalized spacial score (nSPS) is 16.8. The van der Waals surface area contributed by atoms with Crippen LogP contribution in [0.1, 0.15) is 20.3 Å². The smallest absolute Gasteiger partial charge is 0.333 e. The van der Waals surface area contributed by atoms with Crippen LogP contribution in [-0.4, -0.2) is 24.4 Å². The lowest BCUT2D eigenvalue weighted by atomic mass is 10.2. The Balaban J connectivity index is 4.64. The first-order valence-electron chi connectivity index (χ1n) is 3.66. The summed E-state index contributed by atoms with van der Waals surface area (Å²) in [5, 5.41) is 0. The molecule has 0 aliphatic carbocycles. The molecule has 0 aromatic rings. The molecule has 0 N–H and O–H groups in total. The van der Waals surface area contributed by atoms with Crippen LogP contribution in [-0.2, 0) is 9.53 Å². The average molecular weight is 202 g/mol. The lowest BCUT2D eigenvalue weighted by molar-refractivity contribution is -0.313. The number of hydrogen-bond acceptors (Lipinski definition) is 2. The fourth-order valence-corrected chi connectivity index (χ4v) is 0.626. The van der Waals surface area contributed by atoms with E-state index in [1.54, 1.807) is 0 Å². The van der Waals surface area contributed by atoms with Gasteiger partial charge in [-0.05, 0) is 6.42 Å². The monoisotopic (exact) mass is 202 g/mol. The Bertz CT molecular complexity index is 189. The van der Waals surface area contributed by atoms with E-state index in [1.807, 2.05) is 0 Å². The minimum atomic E-state index is -5.31. The summed E-state index contributed by atoms with van der Waals surface area (Å²) in [6.45, 7) is 1.57. The van der Waals surface area contributed by atoms with Gasteiger partial charge in [0.05, 0.1) is 6.61 Å². The lowest BCUT2D eigenvalue weighted by Crippen LogP contribution is -2.49. The molecule has 78 valence electrons. The second-order valence-electron chi connectivity index (χ2n) is 2.50. The van der Waals surface area contributed by atoms with Crippen LogP contribution in [0, 0.1) is 0 Å². The summed E-state index contributed by atoms with van der Waals surface area (Å²) in [7, 11) is 0. The summed E-state index contributed by atoms with van der Waals surface area (Å²) in [5.74, 6) is -5.84. The quantitative estimate of drug-likeness (QED) is 0.653. The summed E-state index contributed by atoms with van der Waals surface area (Å²) in [4.78, 5) is 10.4. The van der Waals surface area contributed by atoms with Crippen LogP contribution in [0.3, 0.4) is 0 Å². The minimum absolute atomic E-state index is 0.203. The third-order valence-electron chi connectivity index (χ3n) is 1.32. The molecule has 0 aromatic heterocycles. The van der Waals surface area contributed by atoms with Crippen molar-refractivity contribution in [3.05, 3.63) is 0 Å². The maximum atomic E-state index is 12.9. The second-order valence-corrected chi connectivity index (χ2v) is 2.50. The van der Waals surface area contributed by atoms with Gasteiger partial charge in [-0.2, -0.15) is 17.6 Å². The number of carbonyl (C=O) groups excluding carboxylic acids is 1. The number of Topliss-reactive ketones (excluding diaryl/α,β-unsaturated/α-hetero) is 1. The molecule has 13 heavy (non-hydrogen) atoms. The molecule has 0 fully saturated rings. The van der Waals surface area contributed by atoms with E-state index in [9.17, 15) is 22.4 Å². The molecule has 1 atom stereocenters. The van der Waals surface area contributed by atoms with E-state index >= 15 is 0 Å². The molecule has 0 aliphatic heterocycles. The molecule has 0 aromatic carbocycles. The fraction of sp³-hybridized carbons (Fsp3) is 0.857. The molecule has 0 heterocycles. The Morgan fingerprint density at radius 2 is 1.77 bits per heavy atom. The highest BCUT2D eigenvalue weighted by molar-refractivity contribution is 5.84. The first-order chi connectivity index (χ1) is 5.75. The SMILES string of the molecule is CCCOC(F)(C(C)=O)C(F)(F)F. The lowest BCUT2D eigenvalue weighted by Gasteiger charge is -2.24. The van der Waals surface area contributed by atoms with Crippen LogP contribution in [0.15, 0.2) is 0 Å². The van der Waals surface area contributed by atoms with Crippen molar-refractivity contribution >= 4 is 5.78 Å². The number of carbonyl (C=O) groups is 1. The molecule has 0 amide bonds. The van der Waals surface area contributed by atoms with Crippen molar-refractivity contribution in [2.45, 2.75) is 32.3 Å². The van der Waals surface area contributed by atoms with Gasteiger partial charge in [0.15, 0.2) is 0 Å². The van der Waals surface area contributed by atoms with Crippen molar-refractivity contribution in [2.75, 3.05) is 6.61 Å². The van der Waals surface area contributed by atoms with Crippen LogP contribution < -0.4 is 0 Å². The van der Waals surface area contributed by atoms with Gasteiger partial charge in [0.1, 0.15) is 0 Å². The van der Waals surface area contributed by atoms with Gasteiger partial charge in [0.2, 0.25) is 5.78 Å². The van der Waals surface area contributed by atoms with Crippen molar-refractivity contribution in [3.63, 3.8) is 0 Å². The van der Waals surface area contributed by atoms with Crippen LogP contribution in [0.25, 0.3) is 0 Å². The molecule has 6 heteroatoms. The average Bonchev–Trinajstić information content (AvgIpc) is 1.97. The van der Waals surface area contributed by atoms with Crippen LogP contribution >= 0.6 is 0 Å². The molecule has 0 rings (SSSR count). The zero-order chi connectivity index (χ0) is 10.7. The van der Waals surface area contributed by atoms with Crippen molar-refractivity contribution in [1.82, 2.24) is 0 Å². The minimum Gasteiger partial charge on any atom is -0.333 e. The third-order valence-corrected chi connectivity index (χ3v) is 1.32. The Kier molecular flexibility index (Phi) is 3.84. The molecule has 0 spiro atoms. The van der Waals surface area contributed by atoms with Crippen LogP contribution in [0.4, 0.5) is 17.6 Å². The van der Waals surface area contributed by atoms with Crippen LogP contribution in [0.2, 0.25) is 0 Å². The number of rotatable bonds is 4. The Labute approximate surface area is 72.9 Å². The van der Waals surface area contributed by atoms with Gasteiger partial charge < -0.3 is 4.74 Å². The molecule has 0 bridgehead atoms. The summed E-state index contributed by atoms with van der Waals surface area (Å²) in [6, 6.07) is 0. The van der Waals surface area contributed by atoms with Gasteiger partial charge in [0.25, 0.3) is 0 Å². The first kappa shape index (κ1) is 12.3. The molecular weight excluding hydrogens is 192 g/mol. The van der Waals surface area contributed by atoms with E-state index in [4.69, 9.17) is 0 Å². The van der Waals surface area contributed by atoms with Crippen molar-refractivity contribution in [2.24, 2.45) is 0 Å². The molecule has 0 radical (unpaired) electrons. The third kappa shape index (κ3) is 2.65. The number of hydrogen-bond donors (Lipinski definition) is 0. The van der Waals surface area contributed by atoms with E-state index in [0.29, 0.717) is 6.92 Å². The fourth-order valence-electron chi connectivity index (χ4n) is 0.626. The number of alkyl halides is 4. The number of halogens is 4. The van der Waals surface area contributed by atoms with E-state index < -0.39 is 24.4 Å². The molecule has 0 aliphatic rings. The highest BCUT2D eigenvalue weighted by atomic mass is 19.4. The highest BCUT2D eigenvalue weighted by Crippen LogP contribution is 2.35. The zero-order valence-electron chi connectivity index (χ0n) is 7.24. The van der Waals surface area contributed by atoms with Gasteiger partial charge in [0, 0.05) is 6.92 Å². The Morgan fingerprint density at radius 1 is 1.31 bits per heavy atom. The molecule has 0 saturated heterocycles. The van der Waals surface area contributed by atoms with E-state index in [1.165, 1.54) is 6.92 Å². The van der Waals surface area contributed by atoms with Crippen LogP contribution in [0.5, 0.6) is 0 Å². The highest BCUT2D eigenvalue weighted by Gasteiger charge is 2.61. The van der Waals surface area contributed by atoms with Crippen molar-refractivity contribution < 1.29 is 27.1 Å².